The highest BCUT2D eigenvalue weighted by molar-refractivity contribution is 5.82. The molecule has 0 unspecified atom stereocenters. The minimum atomic E-state index is -1.25. The van der Waals surface area contributed by atoms with Crippen LogP contribution >= 0.6 is 0 Å². The molecule has 0 radical (unpaired) electrons. The van der Waals surface area contributed by atoms with Crippen LogP contribution in [-0.2, 0) is 25.6 Å². The van der Waals surface area contributed by atoms with Gasteiger partial charge in [0.1, 0.15) is 11.6 Å². The van der Waals surface area contributed by atoms with Crippen molar-refractivity contribution in [1.82, 2.24) is 4.90 Å². The van der Waals surface area contributed by atoms with Crippen LogP contribution in [0.2, 0.25) is 0 Å². The number of amides is 1. The monoisotopic (exact) mass is 395 g/mol. The zero-order valence-electron chi connectivity index (χ0n) is 16.7. The van der Waals surface area contributed by atoms with Gasteiger partial charge in [-0.3, -0.25) is 4.90 Å². The van der Waals surface area contributed by atoms with Crippen molar-refractivity contribution in [2.24, 2.45) is 5.92 Å². The van der Waals surface area contributed by atoms with E-state index in [2.05, 4.69) is 0 Å². The van der Waals surface area contributed by atoms with E-state index in [1.807, 2.05) is 30.3 Å². The van der Waals surface area contributed by atoms with Gasteiger partial charge in [-0.1, -0.05) is 30.3 Å². The molecular formula is C20H29NO7. The number of hydrogen-bond donors (Lipinski definition) is 2. The molecule has 2 rings (SSSR count). The molecule has 1 heterocycles. The van der Waals surface area contributed by atoms with Crippen LogP contribution in [0.5, 0.6) is 0 Å². The van der Waals surface area contributed by atoms with E-state index in [4.69, 9.17) is 14.2 Å². The number of carbonyl (C=O) groups is 2. The minimum Gasteiger partial charge on any atom is -0.467 e. The Hall–Kier alpha value is -2.16. The van der Waals surface area contributed by atoms with Gasteiger partial charge in [0.25, 0.3) is 0 Å². The van der Waals surface area contributed by atoms with Crippen LogP contribution in [0.4, 0.5) is 4.79 Å². The van der Waals surface area contributed by atoms with Gasteiger partial charge in [0.15, 0.2) is 0 Å². The second kappa shape index (κ2) is 9.36. The fourth-order valence-electron chi connectivity index (χ4n) is 3.13. The molecule has 1 aromatic rings. The summed E-state index contributed by atoms with van der Waals surface area (Å²) in [7, 11) is 1.20. The maximum absolute atomic E-state index is 12.6. The number of ether oxygens (including phenoxy) is 3. The molecule has 28 heavy (non-hydrogen) atoms. The van der Waals surface area contributed by atoms with Gasteiger partial charge in [-0.05, 0) is 26.3 Å². The van der Waals surface area contributed by atoms with Crippen LogP contribution in [-0.4, -0.2) is 71.3 Å². The third-order valence-corrected chi connectivity index (χ3v) is 4.45. The molecule has 1 aliphatic heterocycles. The van der Waals surface area contributed by atoms with Crippen LogP contribution in [0.1, 0.15) is 26.3 Å². The third kappa shape index (κ3) is 5.67. The van der Waals surface area contributed by atoms with Crippen LogP contribution < -0.4 is 0 Å². The summed E-state index contributed by atoms with van der Waals surface area (Å²) in [5.74, 6) is -1.57. The molecule has 8 nitrogen and oxygen atoms in total. The first kappa shape index (κ1) is 22.1. The van der Waals surface area contributed by atoms with E-state index in [-0.39, 0.29) is 19.8 Å². The number of methoxy groups -OCH3 is 1. The van der Waals surface area contributed by atoms with Gasteiger partial charge in [0.2, 0.25) is 0 Å². The minimum absolute atomic E-state index is 0.0494. The molecule has 0 aromatic heterocycles. The zero-order valence-corrected chi connectivity index (χ0v) is 16.7. The van der Waals surface area contributed by atoms with E-state index in [0.717, 1.165) is 10.5 Å². The molecule has 0 saturated carbocycles. The summed E-state index contributed by atoms with van der Waals surface area (Å²) in [6.07, 6.45) is -3.25. The molecule has 1 saturated heterocycles. The Morgan fingerprint density at radius 1 is 1.18 bits per heavy atom. The number of aliphatic hydroxyl groups excluding tert-OH is 2. The smallest absolute Gasteiger partial charge is 0.411 e. The van der Waals surface area contributed by atoms with Crippen molar-refractivity contribution in [2.45, 2.75) is 51.2 Å². The van der Waals surface area contributed by atoms with Gasteiger partial charge >= 0.3 is 12.1 Å². The Labute approximate surface area is 165 Å². The number of benzene rings is 1. The summed E-state index contributed by atoms with van der Waals surface area (Å²) in [5.41, 5.74) is 0.143. The average Bonchev–Trinajstić information content (AvgIpc) is 2.63. The average molecular weight is 395 g/mol. The molecule has 1 aliphatic rings. The zero-order chi connectivity index (χ0) is 20.9. The summed E-state index contributed by atoms with van der Waals surface area (Å²) < 4.78 is 15.9. The topological polar surface area (TPSA) is 106 Å². The van der Waals surface area contributed by atoms with Gasteiger partial charge in [-0.15, -0.1) is 0 Å². The lowest BCUT2D eigenvalue weighted by atomic mass is 9.85. The van der Waals surface area contributed by atoms with E-state index >= 15 is 0 Å². The highest BCUT2D eigenvalue weighted by Crippen LogP contribution is 2.28. The third-order valence-electron chi connectivity index (χ3n) is 4.45. The summed E-state index contributed by atoms with van der Waals surface area (Å²) in [5, 5.41) is 20.7. The van der Waals surface area contributed by atoms with Gasteiger partial charge in [-0.25, -0.2) is 9.59 Å². The number of carbonyl (C=O) groups excluding carboxylic acids is 2. The lowest BCUT2D eigenvalue weighted by molar-refractivity contribution is -0.166. The number of piperidine rings is 1. The van der Waals surface area contributed by atoms with Gasteiger partial charge in [-0.2, -0.15) is 0 Å². The molecule has 1 fully saturated rings. The summed E-state index contributed by atoms with van der Waals surface area (Å²) >= 11 is 0. The van der Waals surface area contributed by atoms with Crippen molar-refractivity contribution in [1.29, 1.82) is 0 Å². The van der Waals surface area contributed by atoms with Crippen LogP contribution in [0, 0.1) is 5.92 Å². The van der Waals surface area contributed by atoms with E-state index in [9.17, 15) is 19.8 Å². The van der Waals surface area contributed by atoms with Crippen LogP contribution in [0.3, 0.4) is 0 Å². The van der Waals surface area contributed by atoms with Crippen molar-refractivity contribution < 1.29 is 34.0 Å². The van der Waals surface area contributed by atoms with Gasteiger partial charge < -0.3 is 24.4 Å². The molecule has 4 atom stereocenters. The van der Waals surface area contributed by atoms with Crippen molar-refractivity contribution in [3.8, 4) is 0 Å². The number of esters is 1. The maximum atomic E-state index is 12.6. The Balaban J connectivity index is 2.18. The standard InChI is InChI=1S/C20H29NO7/c1-20(2,3)28-19(25)21-10-15(22)17(23)14(16(21)18(24)26-4)12-27-11-13-8-6-5-7-9-13/h5-9,14-17,22-23H,10-12H2,1-4H3/t14-,15-,16-,17+/m1/s1. The van der Waals surface area contributed by atoms with Crippen LogP contribution in [0.25, 0.3) is 0 Å². The quantitative estimate of drug-likeness (QED) is 0.725. The molecule has 0 spiro atoms. The highest BCUT2D eigenvalue weighted by Gasteiger charge is 2.49. The second-order valence-electron chi connectivity index (χ2n) is 7.82. The lowest BCUT2D eigenvalue weighted by Crippen LogP contribution is -2.64. The van der Waals surface area contributed by atoms with Gasteiger partial charge in [0, 0.05) is 5.92 Å². The number of rotatable bonds is 5. The maximum Gasteiger partial charge on any atom is 0.411 e. The van der Waals surface area contributed by atoms with Crippen molar-refractivity contribution >= 4 is 12.1 Å². The summed E-state index contributed by atoms with van der Waals surface area (Å²) in [6, 6.07) is 8.28. The van der Waals surface area contributed by atoms with E-state index in [1.165, 1.54) is 7.11 Å². The van der Waals surface area contributed by atoms with Gasteiger partial charge in [0.05, 0.1) is 39.1 Å². The predicted molar refractivity (Wildman–Crippen MR) is 100 cm³/mol. The Morgan fingerprint density at radius 3 is 2.39 bits per heavy atom. The van der Waals surface area contributed by atoms with Crippen LogP contribution in [0.15, 0.2) is 30.3 Å². The highest BCUT2D eigenvalue weighted by atomic mass is 16.6. The largest absolute Gasteiger partial charge is 0.467 e. The van der Waals surface area contributed by atoms with E-state index in [1.54, 1.807) is 20.8 Å². The first-order valence-electron chi connectivity index (χ1n) is 9.19. The number of likely N-dealkylation sites (tertiary alicyclic amines) is 1. The Morgan fingerprint density at radius 2 is 1.82 bits per heavy atom. The van der Waals surface area contributed by atoms with Crippen molar-refractivity contribution in [3.63, 3.8) is 0 Å². The molecule has 2 N–H and O–H groups in total. The molecular weight excluding hydrogens is 366 g/mol. The molecule has 1 amide bonds. The van der Waals surface area contributed by atoms with E-state index < -0.39 is 41.8 Å². The molecule has 0 aliphatic carbocycles. The van der Waals surface area contributed by atoms with E-state index in [0.29, 0.717) is 0 Å². The number of β-amino-alcohol motifs (C(OH)–C–C–N with tert-alkyl or cyclic N) is 1. The molecule has 156 valence electrons. The SMILES string of the molecule is COC(=O)[C@H]1[C@@H](COCc2ccccc2)[C@H](O)[C@H](O)CN1C(=O)OC(C)(C)C. The normalized spacial score (nSPS) is 25.3. The molecule has 8 heteroatoms. The number of hydrogen-bond acceptors (Lipinski definition) is 7. The Bertz CT molecular complexity index is 658. The van der Waals surface area contributed by atoms with Crippen molar-refractivity contribution in [2.75, 3.05) is 20.3 Å². The number of nitrogens with zero attached hydrogens (tertiary/aromatic N) is 1. The first-order valence-corrected chi connectivity index (χ1v) is 9.19. The molecule has 1 aromatic carbocycles. The predicted octanol–water partition coefficient (Wildman–Crippen LogP) is 1.33. The summed E-state index contributed by atoms with van der Waals surface area (Å²) in [4.78, 5) is 26.1. The fraction of sp³-hybridized carbons (Fsp3) is 0.600. The Kier molecular flexibility index (Phi) is 7.40. The summed E-state index contributed by atoms with van der Waals surface area (Å²) in [6.45, 7) is 5.08. The number of aliphatic hydroxyl groups is 2. The molecule has 0 bridgehead atoms. The lowest BCUT2D eigenvalue weighted by Gasteiger charge is -2.44. The first-order chi connectivity index (χ1) is 13.1. The van der Waals surface area contributed by atoms with Crippen molar-refractivity contribution in [3.05, 3.63) is 35.9 Å². The fourth-order valence-corrected chi connectivity index (χ4v) is 3.13. The second-order valence-corrected chi connectivity index (χ2v) is 7.82.